The van der Waals surface area contributed by atoms with Crippen LogP contribution in [-0.4, -0.2) is 48.1 Å². The molecule has 4 heteroatoms. The van der Waals surface area contributed by atoms with Gasteiger partial charge in [-0.05, 0) is 33.4 Å². The van der Waals surface area contributed by atoms with Gasteiger partial charge in [0.15, 0.2) is 0 Å². The Labute approximate surface area is 123 Å². The van der Waals surface area contributed by atoms with Crippen molar-refractivity contribution in [3.63, 3.8) is 0 Å². The average molecular weight is 279 g/mol. The van der Waals surface area contributed by atoms with E-state index in [2.05, 4.69) is 48.9 Å². The van der Waals surface area contributed by atoms with Crippen LogP contribution in [0.1, 0.15) is 39.0 Å². The Morgan fingerprint density at radius 1 is 1.20 bits per heavy atom. The number of piperazine rings is 1. The summed E-state index contributed by atoms with van der Waals surface area (Å²) < 4.78 is 5.66. The van der Waals surface area contributed by atoms with Gasteiger partial charge in [-0.1, -0.05) is 6.92 Å². The van der Waals surface area contributed by atoms with E-state index in [0.717, 1.165) is 51.6 Å². The molecule has 1 aromatic rings. The zero-order valence-electron chi connectivity index (χ0n) is 13.4. The van der Waals surface area contributed by atoms with Crippen LogP contribution in [0.5, 0.6) is 0 Å². The summed E-state index contributed by atoms with van der Waals surface area (Å²) in [5, 5.41) is 3.32. The fourth-order valence-corrected chi connectivity index (χ4v) is 2.67. The van der Waals surface area contributed by atoms with E-state index in [4.69, 9.17) is 4.42 Å². The molecule has 0 saturated carbocycles. The van der Waals surface area contributed by atoms with E-state index in [-0.39, 0.29) is 5.54 Å². The topological polar surface area (TPSA) is 31.7 Å². The zero-order chi connectivity index (χ0) is 14.6. The predicted octanol–water partition coefficient (Wildman–Crippen LogP) is 2.31. The number of hydrogen-bond donors (Lipinski definition) is 1. The molecule has 2 heterocycles. The molecule has 0 spiro atoms. The van der Waals surface area contributed by atoms with Crippen molar-refractivity contribution in [3.05, 3.63) is 23.7 Å². The van der Waals surface area contributed by atoms with E-state index in [1.54, 1.807) is 0 Å². The molecule has 0 amide bonds. The highest BCUT2D eigenvalue weighted by atomic mass is 16.3. The van der Waals surface area contributed by atoms with E-state index >= 15 is 0 Å². The summed E-state index contributed by atoms with van der Waals surface area (Å²) in [5.74, 6) is 1.09. The minimum Gasteiger partial charge on any atom is -0.468 e. The summed E-state index contributed by atoms with van der Waals surface area (Å²) in [4.78, 5) is 5.04. The number of rotatable bonds is 5. The Bertz CT molecular complexity index is 400. The van der Waals surface area contributed by atoms with Gasteiger partial charge in [0.2, 0.25) is 0 Å². The van der Waals surface area contributed by atoms with Gasteiger partial charge >= 0.3 is 0 Å². The van der Waals surface area contributed by atoms with Crippen LogP contribution in [0, 0.1) is 0 Å². The average Bonchev–Trinajstić information content (AvgIpc) is 2.83. The molecule has 1 aliphatic heterocycles. The van der Waals surface area contributed by atoms with Gasteiger partial charge in [0.1, 0.15) is 5.76 Å². The van der Waals surface area contributed by atoms with E-state index in [1.165, 1.54) is 5.56 Å². The smallest absolute Gasteiger partial charge is 0.118 e. The molecule has 0 aromatic carbocycles. The normalized spacial score (nSPS) is 18.6. The van der Waals surface area contributed by atoms with Crippen molar-refractivity contribution >= 4 is 0 Å². The number of nitrogens with one attached hydrogen (secondary N) is 1. The van der Waals surface area contributed by atoms with Crippen molar-refractivity contribution in [2.75, 3.05) is 32.7 Å². The molecule has 0 atom stereocenters. The third kappa shape index (κ3) is 4.33. The van der Waals surface area contributed by atoms with Crippen molar-refractivity contribution in [1.82, 2.24) is 15.1 Å². The Kier molecular flexibility index (Phi) is 5.24. The van der Waals surface area contributed by atoms with Crippen LogP contribution < -0.4 is 5.32 Å². The minimum atomic E-state index is 0.287. The first-order valence-corrected chi connectivity index (χ1v) is 7.73. The maximum Gasteiger partial charge on any atom is 0.118 e. The van der Waals surface area contributed by atoms with Gasteiger partial charge in [0.05, 0.1) is 12.8 Å². The molecule has 4 nitrogen and oxygen atoms in total. The summed E-state index contributed by atoms with van der Waals surface area (Å²) in [5.41, 5.74) is 1.53. The van der Waals surface area contributed by atoms with E-state index in [0.29, 0.717) is 0 Å². The lowest BCUT2D eigenvalue weighted by atomic mass is 10.0. The fourth-order valence-electron chi connectivity index (χ4n) is 2.67. The zero-order valence-corrected chi connectivity index (χ0v) is 13.4. The maximum atomic E-state index is 5.66. The monoisotopic (exact) mass is 279 g/mol. The summed E-state index contributed by atoms with van der Waals surface area (Å²) in [6, 6.07) is 2.18. The van der Waals surface area contributed by atoms with Gasteiger partial charge in [-0.3, -0.25) is 9.80 Å². The largest absolute Gasteiger partial charge is 0.468 e. The number of furan rings is 1. The Morgan fingerprint density at radius 3 is 2.50 bits per heavy atom. The highest BCUT2D eigenvalue weighted by Gasteiger charge is 2.25. The molecule has 114 valence electrons. The van der Waals surface area contributed by atoms with Crippen LogP contribution in [0.3, 0.4) is 0 Å². The van der Waals surface area contributed by atoms with Crippen LogP contribution >= 0.6 is 0 Å². The van der Waals surface area contributed by atoms with Gasteiger partial charge in [-0.15, -0.1) is 0 Å². The van der Waals surface area contributed by atoms with Crippen molar-refractivity contribution in [2.45, 2.75) is 46.3 Å². The third-order valence-corrected chi connectivity index (χ3v) is 3.99. The lowest BCUT2D eigenvalue weighted by Crippen LogP contribution is -2.53. The number of hydrogen-bond acceptors (Lipinski definition) is 4. The summed E-state index contributed by atoms with van der Waals surface area (Å²) in [6.45, 7) is 16.4. The van der Waals surface area contributed by atoms with Gasteiger partial charge < -0.3 is 9.73 Å². The summed E-state index contributed by atoms with van der Waals surface area (Å²) >= 11 is 0. The first-order chi connectivity index (χ1) is 9.49. The van der Waals surface area contributed by atoms with Crippen LogP contribution in [0.15, 0.2) is 16.7 Å². The Morgan fingerprint density at radius 2 is 1.90 bits per heavy atom. The fraction of sp³-hybridized carbons (Fsp3) is 0.750. The van der Waals surface area contributed by atoms with E-state index in [1.807, 2.05) is 6.26 Å². The summed E-state index contributed by atoms with van der Waals surface area (Å²) in [7, 11) is 0. The molecule has 0 aliphatic carbocycles. The van der Waals surface area contributed by atoms with Crippen LogP contribution in [0.2, 0.25) is 0 Å². The van der Waals surface area contributed by atoms with Gasteiger partial charge in [-0.25, -0.2) is 0 Å². The highest BCUT2D eigenvalue weighted by Crippen LogP contribution is 2.17. The lowest BCUT2D eigenvalue weighted by Gasteiger charge is -2.42. The second-order valence-corrected chi connectivity index (χ2v) is 6.64. The molecule has 0 unspecified atom stereocenters. The van der Waals surface area contributed by atoms with Crippen molar-refractivity contribution in [3.8, 4) is 0 Å². The first-order valence-electron chi connectivity index (χ1n) is 7.73. The molecule has 0 bridgehead atoms. The molecule has 1 aromatic heterocycles. The van der Waals surface area contributed by atoms with Crippen LogP contribution in [0.4, 0.5) is 0 Å². The Balaban J connectivity index is 1.79. The quantitative estimate of drug-likeness (QED) is 0.896. The molecule has 1 aliphatic rings. The molecule has 1 fully saturated rings. The van der Waals surface area contributed by atoms with Crippen molar-refractivity contribution in [2.24, 2.45) is 0 Å². The van der Waals surface area contributed by atoms with Gasteiger partial charge in [0.25, 0.3) is 0 Å². The molecule has 2 rings (SSSR count). The van der Waals surface area contributed by atoms with E-state index in [9.17, 15) is 0 Å². The minimum absolute atomic E-state index is 0.287. The number of nitrogens with zero attached hydrogens (tertiary/aromatic N) is 2. The Hall–Kier alpha value is -0.840. The second-order valence-electron chi connectivity index (χ2n) is 6.64. The first kappa shape index (κ1) is 15.5. The third-order valence-electron chi connectivity index (χ3n) is 3.99. The van der Waals surface area contributed by atoms with Crippen molar-refractivity contribution < 1.29 is 4.42 Å². The van der Waals surface area contributed by atoms with Crippen molar-refractivity contribution in [1.29, 1.82) is 0 Å². The van der Waals surface area contributed by atoms with Gasteiger partial charge in [-0.2, -0.15) is 0 Å². The second kappa shape index (κ2) is 6.74. The van der Waals surface area contributed by atoms with Gasteiger partial charge in [0, 0.05) is 43.8 Å². The SMILES string of the molecule is CCNCc1coc(CN2CCN(C(C)(C)C)CC2)c1. The van der Waals surface area contributed by atoms with Crippen LogP contribution in [0.25, 0.3) is 0 Å². The highest BCUT2D eigenvalue weighted by molar-refractivity contribution is 5.12. The van der Waals surface area contributed by atoms with Crippen LogP contribution in [-0.2, 0) is 13.1 Å². The summed E-state index contributed by atoms with van der Waals surface area (Å²) in [6.07, 6.45) is 1.88. The molecular weight excluding hydrogens is 250 g/mol. The molecule has 20 heavy (non-hydrogen) atoms. The molecule has 0 radical (unpaired) electrons. The predicted molar refractivity (Wildman–Crippen MR) is 82.7 cm³/mol. The maximum absolute atomic E-state index is 5.66. The molecule has 1 N–H and O–H groups in total. The van der Waals surface area contributed by atoms with E-state index < -0.39 is 0 Å². The molecule has 1 saturated heterocycles. The lowest BCUT2D eigenvalue weighted by molar-refractivity contribution is 0.0562. The molecular formula is C16H29N3O. The standard InChI is InChI=1S/C16H29N3O/c1-5-17-11-14-10-15(20-13-14)12-18-6-8-19(9-7-18)16(2,3)4/h10,13,17H,5-9,11-12H2,1-4H3.